The molecule has 1 rings (SSSR count). The van der Waals surface area contributed by atoms with Crippen molar-refractivity contribution in [2.45, 2.75) is 26.7 Å². The molecule has 0 aliphatic carbocycles. The van der Waals surface area contributed by atoms with E-state index in [4.69, 9.17) is 4.74 Å². The molecule has 65 valence electrons. The van der Waals surface area contributed by atoms with Gasteiger partial charge in [0, 0.05) is 0 Å². The van der Waals surface area contributed by atoms with Crippen LogP contribution < -0.4 is 4.74 Å². The topological polar surface area (TPSA) is 9.23 Å². The lowest BCUT2D eigenvalue weighted by Crippen LogP contribution is -2.00. The lowest BCUT2D eigenvalue weighted by molar-refractivity contribution is 0.316. The number of benzene rings is 1. The van der Waals surface area contributed by atoms with E-state index < -0.39 is 0 Å². The van der Waals surface area contributed by atoms with Crippen LogP contribution in [0.1, 0.15) is 26.7 Å². The van der Waals surface area contributed by atoms with Gasteiger partial charge in [-0.05, 0) is 25.5 Å². The highest BCUT2D eigenvalue weighted by molar-refractivity contribution is 5.22. The first-order chi connectivity index (χ1) is 5.83. The second-order valence-electron chi connectivity index (χ2n) is 2.87. The van der Waals surface area contributed by atoms with Crippen LogP contribution in [0, 0.1) is 6.10 Å². The zero-order valence-corrected chi connectivity index (χ0v) is 7.71. The zero-order valence-electron chi connectivity index (χ0n) is 7.71. The van der Waals surface area contributed by atoms with Gasteiger partial charge in [0.25, 0.3) is 0 Å². The summed E-state index contributed by atoms with van der Waals surface area (Å²) in [6.45, 7) is 4.17. The molecule has 0 N–H and O–H groups in total. The molecule has 0 aliphatic rings. The molecule has 0 aromatic heterocycles. The van der Waals surface area contributed by atoms with Crippen molar-refractivity contribution in [1.29, 1.82) is 0 Å². The summed E-state index contributed by atoms with van der Waals surface area (Å²) in [5.41, 5.74) is 0. The van der Waals surface area contributed by atoms with E-state index in [0.717, 1.165) is 24.7 Å². The van der Waals surface area contributed by atoms with E-state index in [0.29, 0.717) is 0 Å². The second kappa shape index (κ2) is 4.81. The van der Waals surface area contributed by atoms with Crippen molar-refractivity contribution in [3.05, 3.63) is 36.4 Å². The van der Waals surface area contributed by atoms with E-state index in [2.05, 4.69) is 6.92 Å². The van der Waals surface area contributed by atoms with Crippen molar-refractivity contribution < 1.29 is 4.74 Å². The predicted molar refractivity (Wildman–Crippen MR) is 50.9 cm³/mol. The van der Waals surface area contributed by atoms with Gasteiger partial charge in [-0.2, -0.15) is 0 Å². The van der Waals surface area contributed by atoms with Crippen LogP contribution in [0.15, 0.2) is 30.3 Å². The van der Waals surface area contributed by atoms with E-state index in [1.807, 2.05) is 37.3 Å². The predicted octanol–water partition coefficient (Wildman–Crippen LogP) is 3.42. The van der Waals surface area contributed by atoms with Crippen LogP contribution in [0.5, 0.6) is 5.75 Å². The Balaban J connectivity index is 2.41. The maximum atomic E-state index is 5.57. The average Bonchev–Trinajstić information content (AvgIpc) is 2.06. The Bertz CT molecular complexity index is 206. The number of rotatable bonds is 4. The molecule has 0 spiro atoms. The molecule has 1 heteroatoms. The van der Waals surface area contributed by atoms with E-state index in [-0.39, 0.29) is 0 Å². The molecule has 0 saturated heterocycles. The monoisotopic (exact) mass is 163 g/mol. The Labute approximate surface area is 74.4 Å². The maximum absolute atomic E-state index is 5.57. The third kappa shape index (κ3) is 2.95. The number of ether oxygens (including phenoxy) is 1. The fraction of sp³-hybridized carbons (Fsp3) is 0.364. The number of hydrogen-bond acceptors (Lipinski definition) is 1. The third-order valence-electron chi connectivity index (χ3n) is 1.64. The van der Waals surface area contributed by atoms with Crippen LogP contribution in [0.4, 0.5) is 0 Å². The van der Waals surface area contributed by atoms with Crippen molar-refractivity contribution in [2.24, 2.45) is 0 Å². The molecular formula is C11H15O. The molecule has 0 saturated carbocycles. The zero-order chi connectivity index (χ0) is 8.81. The summed E-state index contributed by atoms with van der Waals surface area (Å²) >= 11 is 0. The van der Waals surface area contributed by atoms with Gasteiger partial charge < -0.3 is 4.74 Å². The van der Waals surface area contributed by atoms with Gasteiger partial charge in [0.15, 0.2) is 0 Å². The molecule has 0 amide bonds. The lowest BCUT2D eigenvalue weighted by Gasteiger charge is -2.11. The highest BCUT2D eigenvalue weighted by atomic mass is 16.5. The first-order valence-corrected chi connectivity index (χ1v) is 4.38. The van der Waals surface area contributed by atoms with Crippen molar-refractivity contribution in [3.63, 3.8) is 0 Å². The molecule has 1 aromatic carbocycles. The average molecular weight is 163 g/mol. The standard InChI is InChI=1S/C11H15O/c1-3-7-10(2)12-11-8-5-4-6-9-11/h4-6,8-9H,3,7H2,1-2H3. The minimum atomic E-state index is 0.934. The van der Waals surface area contributed by atoms with Gasteiger partial charge in [0.1, 0.15) is 11.9 Å². The van der Waals surface area contributed by atoms with Crippen molar-refractivity contribution in [1.82, 2.24) is 0 Å². The highest BCUT2D eigenvalue weighted by Crippen LogP contribution is 2.16. The summed E-state index contributed by atoms with van der Waals surface area (Å²) in [5, 5.41) is 0. The van der Waals surface area contributed by atoms with Gasteiger partial charge >= 0.3 is 0 Å². The number of hydrogen-bond donors (Lipinski definition) is 0. The molecule has 1 nitrogen and oxygen atoms in total. The van der Waals surface area contributed by atoms with Crippen LogP contribution in [0.3, 0.4) is 0 Å². The van der Waals surface area contributed by atoms with Gasteiger partial charge in [-0.1, -0.05) is 31.5 Å². The van der Waals surface area contributed by atoms with E-state index in [1.54, 1.807) is 0 Å². The Hall–Kier alpha value is -0.980. The van der Waals surface area contributed by atoms with Crippen LogP contribution in [0.25, 0.3) is 0 Å². The molecule has 0 atom stereocenters. The molecule has 0 fully saturated rings. The molecule has 0 aliphatic heterocycles. The molecule has 1 radical (unpaired) electrons. The SMILES string of the molecule is CCC[C](C)Oc1ccccc1. The normalized spacial score (nSPS) is 10.2. The van der Waals surface area contributed by atoms with Crippen LogP contribution >= 0.6 is 0 Å². The van der Waals surface area contributed by atoms with Gasteiger partial charge in [0.05, 0.1) is 0 Å². The summed E-state index contributed by atoms with van der Waals surface area (Å²) in [5.74, 6) is 0.934. The summed E-state index contributed by atoms with van der Waals surface area (Å²) in [6.07, 6.45) is 3.26. The van der Waals surface area contributed by atoms with Crippen molar-refractivity contribution in [2.75, 3.05) is 0 Å². The van der Waals surface area contributed by atoms with Gasteiger partial charge in [-0.3, -0.25) is 0 Å². The highest BCUT2D eigenvalue weighted by Gasteiger charge is 2.02. The van der Waals surface area contributed by atoms with Gasteiger partial charge in [0.2, 0.25) is 0 Å². The summed E-state index contributed by atoms with van der Waals surface area (Å²) in [6, 6.07) is 9.89. The smallest absolute Gasteiger partial charge is 0.145 e. The van der Waals surface area contributed by atoms with Crippen LogP contribution in [-0.2, 0) is 0 Å². The maximum Gasteiger partial charge on any atom is 0.145 e. The fourth-order valence-electron chi connectivity index (χ4n) is 1.09. The Morgan fingerprint density at radius 3 is 2.50 bits per heavy atom. The first-order valence-electron chi connectivity index (χ1n) is 4.38. The fourth-order valence-corrected chi connectivity index (χ4v) is 1.09. The molecular weight excluding hydrogens is 148 g/mol. The summed E-state index contributed by atoms with van der Waals surface area (Å²) in [4.78, 5) is 0. The Kier molecular flexibility index (Phi) is 3.65. The van der Waals surface area contributed by atoms with Gasteiger partial charge in [-0.15, -0.1) is 0 Å². The minimum Gasteiger partial charge on any atom is -0.483 e. The largest absolute Gasteiger partial charge is 0.483 e. The van der Waals surface area contributed by atoms with Crippen LogP contribution in [-0.4, -0.2) is 0 Å². The second-order valence-corrected chi connectivity index (χ2v) is 2.87. The molecule has 1 aromatic rings. The Morgan fingerprint density at radius 1 is 1.25 bits per heavy atom. The molecule has 0 heterocycles. The van der Waals surface area contributed by atoms with Crippen LogP contribution in [0.2, 0.25) is 0 Å². The van der Waals surface area contributed by atoms with E-state index in [1.165, 1.54) is 0 Å². The summed E-state index contributed by atoms with van der Waals surface area (Å²) < 4.78 is 5.57. The van der Waals surface area contributed by atoms with E-state index in [9.17, 15) is 0 Å². The molecule has 0 bridgehead atoms. The van der Waals surface area contributed by atoms with Crippen molar-refractivity contribution in [3.8, 4) is 5.75 Å². The Morgan fingerprint density at radius 2 is 1.92 bits per heavy atom. The lowest BCUT2D eigenvalue weighted by atomic mass is 10.2. The molecule has 12 heavy (non-hydrogen) atoms. The first kappa shape index (κ1) is 9.11. The summed E-state index contributed by atoms with van der Waals surface area (Å²) in [7, 11) is 0. The molecule has 0 unspecified atom stereocenters. The minimum absolute atomic E-state index is 0.934. The number of para-hydroxylation sites is 1. The third-order valence-corrected chi connectivity index (χ3v) is 1.64. The van der Waals surface area contributed by atoms with Crippen molar-refractivity contribution >= 4 is 0 Å². The van der Waals surface area contributed by atoms with Gasteiger partial charge in [-0.25, -0.2) is 0 Å². The van der Waals surface area contributed by atoms with E-state index >= 15 is 0 Å². The quantitative estimate of drug-likeness (QED) is 0.660.